The number of carbonyl (C=O) groups is 1. The Morgan fingerprint density at radius 3 is 2.62 bits per heavy atom. The van der Waals surface area contributed by atoms with Gasteiger partial charge in [0.25, 0.3) is 10.0 Å². The van der Waals surface area contributed by atoms with Crippen molar-refractivity contribution < 1.29 is 27.4 Å². The van der Waals surface area contributed by atoms with Gasteiger partial charge < -0.3 is 29.6 Å². The predicted octanol–water partition coefficient (Wildman–Crippen LogP) is 2.57. The highest BCUT2D eigenvalue weighted by atomic mass is 32.2. The van der Waals surface area contributed by atoms with Gasteiger partial charge in [-0.15, -0.1) is 0 Å². The quantitative estimate of drug-likeness (QED) is 0.347. The van der Waals surface area contributed by atoms with E-state index in [2.05, 4.69) is 15.3 Å². The average molecular weight is 555 g/mol. The van der Waals surface area contributed by atoms with Gasteiger partial charge in [0.15, 0.2) is 5.03 Å². The van der Waals surface area contributed by atoms with Gasteiger partial charge in [-0.2, -0.15) is 4.31 Å². The molecule has 4 aromatic rings. The smallest absolute Gasteiger partial charge is 0.322 e. The lowest BCUT2D eigenvalue weighted by molar-refractivity contribution is 0.0549. The molecule has 0 radical (unpaired) electrons. The molecule has 2 aromatic carbocycles. The van der Waals surface area contributed by atoms with Gasteiger partial charge in [0, 0.05) is 66.6 Å². The number of urea groups is 1. The number of hydrogen-bond acceptors (Lipinski definition) is 6. The second kappa shape index (κ2) is 9.07. The second-order valence-electron chi connectivity index (χ2n) is 10.0. The number of halogens is 1. The standard InChI is InChI=1S/C26H27FN6O5S/c1-31-10-22(28-15-31)39(36,37)32-12-26(13-32)14-33(25(35)29-17-5-3-16(27)4-6-17)21(11-34)24-23(26)19-8-7-18(38-2)9-20(19)30-24/h3-10,15,21,30,34H,11-14H2,1-2H3,(H,29,35)/t21-/m0/s1. The summed E-state index contributed by atoms with van der Waals surface area (Å²) in [5.41, 5.74) is 1.92. The maximum atomic E-state index is 13.5. The molecule has 1 saturated heterocycles. The molecule has 6 rings (SSSR count). The first-order valence-electron chi connectivity index (χ1n) is 12.3. The van der Waals surface area contributed by atoms with E-state index in [0.29, 0.717) is 17.1 Å². The molecule has 204 valence electrons. The number of nitrogens with zero attached hydrogens (tertiary/aromatic N) is 4. The summed E-state index contributed by atoms with van der Waals surface area (Å²) in [6.07, 6.45) is 2.89. The van der Waals surface area contributed by atoms with Gasteiger partial charge in [0.05, 0.1) is 26.1 Å². The van der Waals surface area contributed by atoms with Crippen molar-refractivity contribution in [3.63, 3.8) is 0 Å². The van der Waals surface area contributed by atoms with Crippen LogP contribution in [0.5, 0.6) is 5.75 Å². The largest absolute Gasteiger partial charge is 0.497 e. The third-order valence-corrected chi connectivity index (χ3v) is 9.20. The lowest BCUT2D eigenvalue weighted by Gasteiger charge is -2.55. The average Bonchev–Trinajstić information content (AvgIpc) is 3.51. The number of aliphatic hydroxyl groups excluding tert-OH is 1. The van der Waals surface area contributed by atoms with Crippen LogP contribution in [0.3, 0.4) is 0 Å². The maximum absolute atomic E-state index is 13.5. The summed E-state index contributed by atoms with van der Waals surface area (Å²) in [4.78, 5) is 22.4. The minimum atomic E-state index is -3.85. The third-order valence-electron chi connectivity index (χ3n) is 7.52. The first kappa shape index (κ1) is 25.3. The van der Waals surface area contributed by atoms with Crippen molar-refractivity contribution in [3.8, 4) is 5.75 Å². The monoisotopic (exact) mass is 554 g/mol. The highest BCUT2D eigenvalue weighted by Crippen LogP contribution is 2.49. The number of aromatic nitrogens is 3. The lowest BCUT2D eigenvalue weighted by Crippen LogP contribution is -2.68. The van der Waals surface area contributed by atoms with Crippen molar-refractivity contribution in [1.29, 1.82) is 0 Å². The number of methoxy groups -OCH3 is 1. The Morgan fingerprint density at radius 1 is 1.23 bits per heavy atom. The van der Waals surface area contributed by atoms with Crippen LogP contribution in [0.2, 0.25) is 0 Å². The molecule has 1 spiro atoms. The van der Waals surface area contributed by atoms with Crippen LogP contribution in [0.4, 0.5) is 14.9 Å². The van der Waals surface area contributed by atoms with Gasteiger partial charge in [0.1, 0.15) is 11.6 Å². The highest BCUT2D eigenvalue weighted by molar-refractivity contribution is 7.89. The van der Waals surface area contributed by atoms with E-state index in [1.54, 1.807) is 18.7 Å². The van der Waals surface area contributed by atoms with Crippen LogP contribution in [0, 0.1) is 5.82 Å². The van der Waals surface area contributed by atoms with Crippen molar-refractivity contribution in [2.75, 3.05) is 38.7 Å². The number of H-pyrrole nitrogens is 1. The van der Waals surface area contributed by atoms with E-state index in [1.807, 2.05) is 18.2 Å². The van der Waals surface area contributed by atoms with Crippen molar-refractivity contribution >= 4 is 32.6 Å². The Hall–Kier alpha value is -3.94. The molecule has 39 heavy (non-hydrogen) atoms. The van der Waals surface area contributed by atoms with Crippen LogP contribution in [-0.4, -0.2) is 76.6 Å². The van der Waals surface area contributed by atoms with Gasteiger partial charge in [-0.1, -0.05) is 0 Å². The number of nitrogens with one attached hydrogen (secondary N) is 2. The minimum Gasteiger partial charge on any atom is -0.497 e. The van der Waals surface area contributed by atoms with Crippen LogP contribution in [0.25, 0.3) is 10.9 Å². The van der Waals surface area contributed by atoms with Gasteiger partial charge in [-0.05, 0) is 42.0 Å². The number of sulfonamides is 1. The zero-order valence-electron chi connectivity index (χ0n) is 21.3. The Bertz CT molecular complexity index is 1680. The van der Waals surface area contributed by atoms with Gasteiger partial charge in [-0.25, -0.2) is 22.6 Å². The topological polar surface area (TPSA) is 133 Å². The Kier molecular flexibility index (Phi) is 5.90. The van der Waals surface area contributed by atoms with E-state index >= 15 is 0 Å². The fraction of sp³-hybridized carbons (Fsp3) is 0.308. The molecular weight excluding hydrogens is 527 g/mol. The number of rotatable bonds is 5. The molecular formula is C26H27FN6O5S. The molecule has 4 heterocycles. The van der Waals surface area contributed by atoms with Crippen molar-refractivity contribution in [2.45, 2.75) is 16.5 Å². The molecule has 2 aromatic heterocycles. The van der Waals surface area contributed by atoms with E-state index in [4.69, 9.17) is 4.74 Å². The summed E-state index contributed by atoms with van der Waals surface area (Å²) >= 11 is 0. The summed E-state index contributed by atoms with van der Waals surface area (Å²) in [6.45, 7) is 0.0397. The molecule has 2 aliphatic rings. The number of aromatic amines is 1. The first-order chi connectivity index (χ1) is 18.6. The predicted molar refractivity (Wildman–Crippen MR) is 140 cm³/mol. The number of ether oxygens (including phenoxy) is 1. The number of imidazole rings is 1. The first-order valence-corrected chi connectivity index (χ1v) is 13.7. The summed E-state index contributed by atoms with van der Waals surface area (Å²) < 4.78 is 48.3. The SMILES string of the molecule is COc1ccc2c3c([nH]c2c1)[C@H](CO)N(C(=O)Nc1ccc(F)cc1)CC31CN(S(=O)(=O)c2cn(C)cn2)C1. The van der Waals surface area contributed by atoms with Crippen LogP contribution in [0.1, 0.15) is 17.3 Å². The van der Waals surface area contributed by atoms with Crippen molar-refractivity contribution in [2.24, 2.45) is 7.05 Å². The fourth-order valence-corrected chi connectivity index (χ4v) is 7.24. The highest BCUT2D eigenvalue weighted by Gasteiger charge is 2.57. The zero-order chi connectivity index (χ0) is 27.5. The van der Waals surface area contributed by atoms with Crippen molar-refractivity contribution in [1.82, 2.24) is 23.7 Å². The minimum absolute atomic E-state index is 0.0429. The molecule has 1 fully saturated rings. The number of hydrogen-bond donors (Lipinski definition) is 3. The second-order valence-corrected chi connectivity index (χ2v) is 11.9. The Labute approximate surface area is 223 Å². The number of benzene rings is 2. The number of amides is 2. The normalized spacial score (nSPS) is 18.7. The van der Waals surface area contributed by atoms with E-state index in [9.17, 15) is 22.7 Å². The van der Waals surface area contributed by atoms with Crippen LogP contribution in [-0.2, 0) is 22.5 Å². The molecule has 1 atom stereocenters. The maximum Gasteiger partial charge on any atom is 0.322 e. The fourth-order valence-electron chi connectivity index (χ4n) is 5.66. The third kappa shape index (κ3) is 4.04. The van der Waals surface area contributed by atoms with Crippen LogP contribution in [0.15, 0.2) is 60.0 Å². The molecule has 0 bridgehead atoms. The number of fused-ring (bicyclic) bond motifs is 4. The summed E-state index contributed by atoms with van der Waals surface area (Å²) in [5.74, 6) is 0.203. The Balaban J connectivity index is 1.41. The van der Waals surface area contributed by atoms with Gasteiger partial charge in [0.2, 0.25) is 0 Å². The summed E-state index contributed by atoms with van der Waals surface area (Å²) in [6, 6.07) is 9.74. The van der Waals surface area contributed by atoms with E-state index in [0.717, 1.165) is 16.5 Å². The van der Waals surface area contributed by atoms with E-state index in [-0.39, 0.29) is 31.3 Å². The van der Waals surface area contributed by atoms with E-state index in [1.165, 1.54) is 46.0 Å². The molecule has 0 unspecified atom stereocenters. The molecule has 13 heteroatoms. The number of aliphatic hydroxyl groups is 1. The van der Waals surface area contributed by atoms with Gasteiger partial charge >= 0.3 is 6.03 Å². The van der Waals surface area contributed by atoms with Crippen molar-refractivity contribution in [3.05, 3.63) is 72.1 Å². The molecule has 2 aliphatic heterocycles. The zero-order valence-corrected chi connectivity index (χ0v) is 22.1. The summed E-state index contributed by atoms with van der Waals surface area (Å²) in [7, 11) is -0.585. The molecule has 11 nitrogen and oxygen atoms in total. The number of anilines is 1. The molecule has 2 amide bonds. The van der Waals surface area contributed by atoms with E-state index < -0.39 is 33.3 Å². The van der Waals surface area contributed by atoms with Gasteiger partial charge in [-0.3, -0.25) is 0 Å². The van der Waals surface area contributed by atoms with Crippen LogP contribution >= 0.6 is 0 Å². The number of aryl methyl sites for hydroxylation is 1. The molecule has 0 saturated carbocycles. The van der Waals surface area contributed by atoms with Crippen LogP contribution < -0.4 is 10.1 Å². The number of carbonyl (C=O) groups excluding carboxylic acids is 1. The lowest BCUT2D eigenvalue weighted by atomic mass is 9.70. The summed E-state index contributed by atoms with van der Waals surface area (Å²) in [5, 5.41) is 14.0. The Morgan fingerprint density at radius 2 is 1.97 bits per heavy atom. The molecule has 0 aliphatic carbocycles. The molecule has 3 N–H and O–H groups in total.